The molecule has 0 spiro atoms. The Morgan fingerprint density at radius 2 is 1.94 bits per heavy atom. The van der Waals surface area contributed by atoms with Gasteiger partial charge in [-0.2, -0.15) is 0 Å². The van der Waals surface area contributed by atoms with Crippen LogP contribution < -0.4 is 11.1 Å². The van der Waals surface area contributed by atoms with Gasteiger partial charge in [0.2, 0.25) is 0 Å². The van der Waals surface area contributed by atoms with E-state index >= 15 is 0 Å². The van der Waals surface area contributed by atoms with Gasteiger partial charge in [0.25, 0.3) is 0 Å². The molecule has 0 aliphatic heterocycles. The third-order valence-corrected chi connectivity index (χ3v) is 4.21. The van der Waals surface area contributed by atoms with Gasteiger partial charge in [0.05, 0.1) is 4.90 Å². The molecule has 0 heterocycles. The molecule has 2 rings (SSSR count). The van der Waals surface area contributed by atoms with Gasteiger partial charge in [-0.15, -0.1) is 0 Å². The molecule has 1 aromatic carbocycles. The smallest absolute Gasteiger partial charge is 0.175 e. The fourth-order valence-corrected chi connectivity index (χ4v) is 2.51. The molecule has 1 unspecified atom stereocenters. The molecule has 3 N–H and O–H groups in total. The van der Waals surface area contributed by atoms with Gasteiger partial charge in [-0.3, -0.25) is 0 Å². The van der Waals surface area contributed by atoms with Crippen LogP contribution in [0.1, 0.15) is 12.8 Å². The standard InChI is InChI=1S/C12H18N2O2S/c1-17(15,16)11-6-4-10(5-7-11)14-12(8-13)9-2-3-9/h4-7,9,12,14H,2-3,8,13H2,1H3. The Bertz CT molecular complexity index is 478. The second-order valence-electron chi connectivity index (χ2n) is 4.62. The van der Waals surface area contributed by atoms with Crippen molar-refractivity contribution in [2.24, 2.45) is 11.7 Å². The first-order valence-electron chi connectivity index (χ1n) is 5.77. The van der Waals surface area contributed by atoms with Crippen molar-refractivity contribution in [3.05, 3.63) is 24.3 Å². The second kappa shape index (κ2) is 4.66. The van der Waals surface area contributed by atoms with Crippen LogP contribution in [0, 0.1) is 5.92 Å². The first kappa shape index (κ1) is 12.4. The Balaban J connectivity index is 2.07. The SMILES string of the molecule is CS(=O)(=O)c1ccc(NC(CN)C2CC2)cc1. The van der Waals surface area contributed by atoms with E-state index in [9.17, 15) is 8.42 Å². The normalized spacial score (nSPS) is 17.8. The van der Waals surface area contributed by atoms with Gasteiger partial charge >= 0.3 is 0 Å². The molecule has 0 aromatic heterocycles. The molecule has 1 aliphatic rings. The second-order valence-corrected chi connectivity index (χ2v) is 6.64. The van der Waals surface area contributed by atoms with E-state index < -0.39 is 9.84 Å². The molecule has 0 saturated heterocycles. The Hall–Kier alpha value is -1.07. The Kier molecular flexibility index (Phi) is 3.40. The van der Waals surface area contributed by atoms with Crippen molar-refractivity contribution in [2.45, 2.75) is 23.8 Å². The minimum atomic E-state index is -3.11. The lowest BCUT2D eigenvalue weighted by molar-refractivity contribution is 0.602. The van der Waals surface area contributed by atoms with Crippen molar-refractivity contribution >= 4 is 15.5 Å². The van der Waals surface area contributed by atoms with E-state index in [1.807, 2.05) is 0 Å². The summed E-state index contributed by atoms with van der Waals surface area (Å²) < 4.78 is 22.6. The maximum atomic E-state index is 11.3. The third kappa shape index (κ3) is 3.20. The van der Waals surface area contributed by atoms with Crippen molar-refractivity contribution in [1.29, 1.82) is 0 Å². The van der Waals surface area contributed by atoms with Crippen molar-refractivity contribution < 1.29 is 8.42 Å². The van der Waals surface area contributed by atoms with E-state index in [-0.39, 0.29) is 0 Å². The highest BCUT2D eigenvalue weighted by Crippen LogP contribution is 2.33. The molecule has 1 atom stereocenters. The van der Waals surface area contributed by atoms with E-state index in [1.54, 1.807) is 24.3 Å². The van der Waals surface area contributed by atoms with Crippen LogP contribution in [0.4, 0.5) is 5.69 Å². The van der Waals surface area contributed by atoms with Crippen LogP contribution in [0.25, 0.3) is 0 Å². The van der Waals surface area contributed by atoms with Crippen molar-refractivity contribution in [3.8, 4) is 0 Å². The zero-order chi connectivity index (χ0) is 12.5. The summed E-state index contributed by atoms with van der Waals surface area (Å²) in [6.07, 6.45) is 3.68. The largest absolute Gasteiger partial charge is 0.381 e. The molecule has 17 heavy (non-hydrogen) atoms. The third-order valence-electron chi connectivity index (χ3n) is 3.08. The van der Waals surface area contributed by atoms with Crippen molar-refractivity contribution in [3.63, 3.8) is 0 Å². The Morgan fingerprint density at radius 3 is 2.35 bits per heavy atom. The lowest BCUT2D eigenvalue weighted by Gasteiger charge is -2.17. The monoisotopic (exact) mass is 254 g/mol. The molecule has 4 nitrogen and oxygen atoms in total. The number of anilines is 1. The maximum absolute atomic E-state index is 11.3. The molecule has 94 valence electrons. The first-order valence-corrected chi connectivity index (χ1v) is 7.66. The number of hydrogen-bond donors (Lipinski definition) is 2. The zero-order valence-electron chi connectivity index (χ0n) is 9.89. The van der Waals surface area contributed by atoms with Crippen molar-refractivity contribution in [1.82, 2.24) is 0 Å². The molecule has 0 amide bonds. The highest BCUT2D eigenvalue weighted by molar-refractivity contribution is 7.90. The summed E-state index contributed by atoms with van der Waals surface area (Å²) in [6, 6.07) is 7.14. The van der Waals surface area contributed by atoms with Crippen LogP contribution in [0.5, 0.6) is 0 Å². The number of hydrogen-bond acceptors (Lipinski definition) is 4. The molecule has 1 aliphatic carbocycles. The van der Waals surface area contributed by atoms with E-state index in [0.29, 0.717) is 23.4 Å². The van der Waals surface area contributed by atoms with Crippen LogP contribution in [0.3, 0.4) is 0 Å². The van der Waals surface area contributed by atoms with Crippen molar-refractivity contribution in [2.75, 3.05) is 18.1 Å². The fourth-order valence-electron chi connectivity index (χ4n) is 1.88. The van der Waals surface area contributed by atoms with E-state index in [1.165, 1.54) is 19.1 Å². The van der Waals surface area contributed by atoms with Gasteiger partial charge in [0, 0.05) is 24.5 Å². The lowest BCUT2D eigenvalue weighted by atomic mass is 10.1. The summed E-state index contributed by atoms with van der Waals surface area (Å²) in [5, 5.41) is 3.35. The molecule has 5 heteroatoms. The average Bonchev–Trinajstić information content (AvgIpc) is 3.09. The van der Waals surface area contributed by atoms with Gasteiger partial charge in [0.15, 0.2) is 9.84 Å². The number of benzene rings is 1. The van der Waals surface area contributed by atoms with E-state index in [2.05, 4.69) is 5.32 Å². The predicted molar refractivity (Wildman–Crippen MR) is 68.7 cm³/mol. The molecule has 0 radical (unpaired) electrons. The molecular weight excluding hydrogens is 236 g/mol. The minimum Gasteiger partial charge on any atom is -0.381 e. The average molecular weight is 254 g/mol. The Labute approximate surface area is 102 Å². The topological polar surface area (TPSA) is 72.2 Å². The summed E-state index contributed by atoms with van der Waals surface area (Å²) >= 11 is 0. The van der Waals surface area contributed by atoms with Crippen LogP contribution >= 0.6 is 0 Å². The van der Waals surface area contributed by atoms with E-state index in [4.69, 9.17) is 5.73 Å². The van der Waals surface area contributed by atoms with Gasteiger partial charge in [-0.25, -0.2) is 8.42 Å². The highest BCUT2D eigenvalue weighted by Gasteiger charge is 2.30. The maximum Gasteiger partial charge on any atom is 0.175 e. The molecule has 1 aromatic rings. The number of nitrogens with one attached hydrogen (secondary N) is 1. The minimum absolute atomic E-state index is 0.305. The quantitative estimate of drug-likeness (QED) is 0.829. The first-order chi connectivity index (χ1) is 8.00. The number of nitrogens with two attached hydrogens (primary N) is 1. The van der Waals surface area contributed by atoms with Crippen LogP contribution in [-0.2, 0) is 9.84 Å². The molecule has 1 saturated carbocycles. The van der Waals surface area contributed by atoms with Gasteiger partial charge in [-0.1, -0.05) is 0 Å². The lowest BCUT2D eigenvalue weighted by Crippen LogP contribution is -2.30. The summed E-state index contributed by atoms with van der Waals surface area (Å²) in [7, 11) is -3.11. The summed E-state index contributed by atoms with van der Waals surface area (Å²) in [4.78, 5) is 0.346. The molecular formula is C12H18N2O2S. The highest BCUT2D eigenvalue weighted by atomic mass is 32.2. The fraction of sp³-hybridized carbons (Fsp3) is 0.500. The number of rotatable bonds is 5. The summed E-state index contributed by atoms with van der Waals surface area (Å²) in [6.45, 7) is 0.610. The predicted octanol–water partition coefficient (Wildman–Crippen LogP) is 1.24. The molecule has 1 fully saturated rings. The molecule has 0 bridgehead atoms. The van der Waals surface area contributed by atoms with Crippen LogP contribution in [-0.4, -0.2) is 27.3 Å². The van der Waals surface area contributed by atoms with Crippen LogP contribution in [0.15, 0.2) is 29.2 Å². The van der Waals surface area contributed by atoms with Gasteiger partial charge in [0.1, 0.15) is 0 Å². The number of sulfone groups is 1. The van der Waals surface area contributed by atoms with Gasteiger partial charge < -0.3 is 11.1 Å². The van der Waals surface area contributed by atoms with Gasteiger partial charge in [-0.05, 0) is 43.0 Å². The summed E-state index contributed by atoms with van der Waals surface area (Å²) in [5.41, 5.74) is 6.63. The zero-order valence-corrected chi connectivity index (χ0v) is 10.7. The summed E-state index contributed by atoms with van der Waals surface area (Å²) in [5.74, 6) is 0.676. The van der Waals surface area contributed by atoms with Crippen LogP contribution in [0.2, 0.25) is 0 Å². The Morgan fingerprint density at radius 1 is 1.35 bits per heavy atom. The van der Waals surface area contributed by atoms with E-state index in [0.717, 1.165) is 5.69 Å².